The first-order valence-electron chi connectivity index (χ1n) is 7.26. The SMILES string of the molecule is COCc1ccccc1NCc1ccc(-n2cccn2)cc1. The molecular weight excluding hydrogens is 274 g/mol. The van der Waals surface area contributed by atoms with Crippen LogP contribution in [0.1, 0.15) is 11.1 Å². The number of anilines is 1. The second-order valence-electron chi connectivity index (χ2n) is 5.06. The summed E-state index contributed by atoms with van der Waals surface area (Å²) < 4.78 is 7.08. The molecule has 3 aromatic rings. The van der Waals surface area contributed by atoms with Crippen molar-refractivity contribution >= 4 is 5.69 Å². The standard InChI is InChI=1S/C18H19N3O/c1-22-14-16-5-2-3-6-18(16)19-13-15-7-9-17(10-8-15)21-12-4-11-20-21/h2-12,19H,13-14H2,1H3. The smallest absolute Gasteiger partial charge is 0.0733 e. The molecule has 112 valence electrons. The molecule has 0 unspecified atom stereocenters. The fourth-order valence-corrected chi connectivity index (χ4v) is 2.36. The summed E-state index contributed by atoms with van der Waals surface area (Å²) >= 11 is 0. The largest absolute Gasteiger partial charge is 0.381 e. The van der Waals surface area contributed by atoms with E-state index in [1.54, 1.807) is 13.3 Å². The van der Waals surface area contributed by atoms with Crippen molar-refractivity contribution in [2.45, 2.75) is 13.2 Å². The van der Waals surface area contributed by atoms with Crippen molar-refractivity contribution in [2.75, 3.05) is 12.4 Å². The highest BCUT2D eigenvalue weighted by atomic mass is 16.5. The average Bonchev–Trinajstić information content (AvgIpc) is 3.09. The molecule has 1 aromatic heterocycles. The van der Waals surface area contributed by atoms with Crippen LogP contribution < -0.4 is 5.32 Å². The molecule has 1 N–H and O–H groups in total. The van der Waals surface area contributed by atoms with E-state index in [2.05, 4.69) is 46.8 Å². The molecule has 2 aromatic carbocycles. The molecular formula is C18H19N3O. The molecule has 0 aliphatic rings. The van der Waals surface area contributed by atoms with Crippen LogP contribution in [0.2, 0.25) is 0 Å². The minimum atomic E-state index is 0.613. The number of aromatic nitrogens is 2. The molecule has 0 bridgehead atoms. The Morgan fingerprint density at radius 2 is 1.86 bits per heavy atom. The lowest BCUT2D eigenvalue weighted by Gasteiger charge is -2.12. The number of hydrogen-bond donors (Lipinski definition) is 1. The Bertz CT molecular complexity index is 705. The zero-order valence-corrected chi connectivity index (χ0v) is 12.6. The van der Waals surface area contributed by atoms with Gasteiger partial charge in [-0.3, -0.25) is 0 Å². The van der Waals surface area contributed by atoms with E-state index in [0.29, 0.717) is 6.61 Å². The molecule has 0 spiro atoms. The van der Waals surface area contributed by atoms with E-state index >= 15 is 0 Å². The van der Waals surface area contributed by atoms with Gasteiger partial charge in [0, 0.05) is 37.3 Å². The van der Waals surface area contributed by atoms with Crippen LogP contribution in [0.3, 0.4) is 0 Å². The maximum absolute atomic E-state index is 5.23. The van der Waals surface area contributed by atoms with Gasteiger partial charge in [0.15, 0.2) is 0 Å². The molecule has 0 saturated carbocycles. The highest BCUT2D eigenvalue weighted by Gasteiger charge is 2.02. The van der Waals surface area contributed by atoms with Gasteiger partial charge in [-0.15, -0.1) is 0 Å². The van der Waals surface area contributed by atoms with Gasteiger partial charge < -0.3 is 10.1 Å². The molecule has 0 radical (unpaired) electrons. The number of benzene rings is 2. The number of ether oxygens (including phenoxy) is 1. The van der Waals surface area contributed by atoms with Crippen LogP contribution in [0.5, 0.6) is 0 Å². The molecule has 1 heterocycles. The van der Waals surface area contributed by atoms with Gasteiger partial charge in [-0.2, -0.15) is 5.10 Å². The number of methoxy groups -OCH3 is 1. The molecule has 22 heavy (non-hydrogen) atoms. The third-order valence-corrected chi connectivity index (χ3v) is 3.51. The van der Waals surface area contributed by atoms with Crippen LogP contribution in [-0.4, -0.2) is 16.9 Å². The predicted molar refractivity (Wildman–Crippen MR) is 88.0 cm³/mol. The van der Waals surface area contributed by atoms with Crippen LogP contribution in [0, 0.1) is 0 Å². The van der Waals surface area contributed by atoms with Crippen molar-refractivity contribution in [1.82, 2.24) is 9.78 Å². The van der Waals surface area contributed by atoms with Crippen LogP contribution >= 0.6 is 0 Å². The van der Waals surface area contributed by atoms with Gasteiger partial charge in [-0.25, -0.2) is 4.68 Å². The van der Waals surface area contributed by atoms with Crippen molar-refractivity contribution in [3.63, 3.8) is 0 Å². The molecule has 4 nitrogen and oxygen atoms in total. The van der Waals surface area contributed by atoms with E-state index in [1.807, 2.05) is 29.1 Å². The quantitative estimate of drug-likeness (QED) is 0.754. The molecule has 0 saturated heterocycles. The van der Waals surface area contributed by atoms with Crippen molar-refractivity contribution in [2.24, 2.45) is 0 Å². The van der Waals surface area contributed by atoms with E-state index in [4.69, 9.17) is 4.74 Å². The summed E-state index contributed by atoms with van der Waals surface area (Å²) in [6.07, 6.45) is 3.72. The third kappa shape index (κ3) is 3.35. The second-order valence-corrected chi connectivity index (χ2v) is 5.06. The Labute approximate surface area is 130 Å². The number of hydrogen-bond acceptors (Lipinski definition) is 3. The summed E-state index contributed by atoms with van der Waals surface area (Å²) in [7, 11) is 1.71. The Balaban J connectivity index is 1.67. The molecule has 0 amide bonds. The molecule has 3 rings (SSSR count). The minimum Gasteiger partial charge on any atom is -0.381 e. The predicted octanol–water partition coefficient (Wildman–Crippen LogP) is 3.63. The van der Waals surface area contributed by atoms with Gasteiger partial charge in [0.1, 0.15) is 0 Å². The molecule has 0 aliphatic carbocycles. The van der Waals surface area contributed by atoms with Gasteiger partial charge in [0.2, 0.25) is 0 Å². The Morgan fingerprint density at radius 1 is 1.05 bits per heavy atom. The van der Waals surface area contributed by atoms with E-state index in [9.17, 15) is 0 Å². The van der Waals surface area contributed by atoms with E-state index in [1.165, 1.54) is 5.56 Å². The first-order chi connectivity index (χ1) is 10.9. The van der Waals surface area contributed by atoms with Gasteiger partial charge in [-0.1, -0.05) is 30.3 Å². The Hall–Kier alpha value is -2.59. The van der Waals surface area contributed by atoms with Gasteiger partial charge in [-0.05, 0) is 29.8 Å². The number of rotatable bonds is 6. The Kier molecular flexibility index (Phi) is 4.51. The van der Waals surface area contributed by atoms with Crippen LogP contribution in [-0.2, 0) is 17.9 Å². The van der Waals surface area contributed by atoms with E-state index in [0.717, 1.165) is 23.5 Å². The van der Waals surface area contributed by atoms with Crippen LogP contribution in [0.25, 0.3) is 5.69 Å². The topological polar surface area (TPSA) is 39.1 Å². The van der Waals surface area contributed by atoms with E-state index in [-0.39, 0.29) is 0 Å². The summed E-state index contributed by atoms with van der Waals surface area (Å²) in [4.78, 5) is 0. The molecule has 0 atom stereocenters. The van der Waals surface area contributed by atoms with E-state index < -0.39 is 0 Å². The van der Waals surface area contributed by atoms with Gasteiger partial charge >= 0.3 is 0 Å². The van der Waals surface area contributed by atoms with Crippen molar-refractivity contribution in [3.8, 4) is 5.69 Å². The first kappa shape index (κ1) is 14.4. The molecule has 0 fully saturated rings. The number of para-hydroxylation sites is 1. The fraction of sp³-hybridized carbons (Fsp3) is 0.167. The van der Waals surface area contributed by atoms with Gasteiger partial charge in [0.05, 0.1) is 12.3 Å². The summed E-state index contributed by atoms with van der Waals surface area (Å²) in [5.74, 6) is 0. The first-order valence-corrected chi connectivity index (χ1v) is 7.26. The minimum absolute atomic E-state index is 0.613. The Morgan fingerprint density at radius 3 is 2.59 bits per heavy atom. The summed E-state index contributed by atoms with van der Waals surface area (Å²) in [5.41, 5.74) is 4.57. The van der Waals surface area contributed by atoms with Crippen molar-refractivity contribution < 1.29 is 4.74 Å². The zero-order chi connectivity index (χ0) is 15.2. The highest BCUT2D eigenvalue weighted by molar-refractivity contribution is 5.51. The second kappa shape index (κ2) is 6.91. The molecule has 4 heteroatoms. The molecule has 0 aliphatic heterocycles. The average molecular weight is 293 g/mol. The monoisotopic (exact) mass is 293 g/mol. The maximum atomic E-state index is 5.23. The van der Waals surface area contributed by atoms with Crippen molar-refractivity contribution in [3.05, 3.63) is 78.1 Å². The van der Waals surface area contributed by atoms with Crippen LogP contribution in [0.15, 0.2) is 67.0 Å². The number of nitrogens with one attached hydrogen (secondary N) is 1. The fourth-order valence-electron chi connectivity index (χ4n) is 2.36. The maximum Gasteiger partial charge on any atom is 0.0733 e. The van der Waals surface area contributed by atoms with Crippen molar-refractivity contribution in [1.29, 1.82) is 0 Å². The third-order valence-electron chi connectivity index (χ3n) is 3.51. The summed E-state index contributed by atoms with van der Waals surface area (Å²) in [6, 6.07) is 18.5. The lowest BCUT2D eigenvalue weighted by atomic mass is 10.1. The normalized spacial score (nSPS) is 10.6. The summed E-state index contributed by atoms with van der Waals surface area (Å²) in [6.45, 7) is 1.39. The number of nitrogens with zero attached hydrogens (tertiary/aromatic N) is 2. The zero-order valence-electron chi connectivity index (χ0n) is 12.6. The highest BCUT2D eigenvalue weighted by Crippen LogP contribution is 2.17. The lowest BCUT2D eigenvalue weighted by Crippen LogP contribution is -2.03. The summed E-state index contributed by atoms with van der Waals surface area (Å²) in [5, 5.41) is 7.70. The van der Waals surface area contributed by atoms with Crippen LogP contribution in [0.4, 0.5) is 5.69 Å². The lowest BCUT2D eigenvalue weighted by molar-refractivity contribution is 0.185. The van der Waals surface area contributed by atoms with Gasteiger partial charge in [0.25, 0.3) is 0 Å².